The molecule has 1 aliphatic heterocycles. The van der Waals surface area contributed by atoms with Crippen LogP contribution in [0.4, 0.5) is 10.5 Å². The van der Waals surface area contributed by atoms with E-state index in [4.69, 9.17) is 11.6 Å². The molecule has 2 N–H and O–H groups in total. The number of nitrogens with one attached hydrogen (secondary N) is 2. The first-order chi connectivity index (χ1) is 14.4. The molecular weight excluding hydrogens is 424 g/mol. The fourth-order valence-corrected chi connectivity index (χ4v) is 3.95. The second-order valence-corrected chi connectivity index (χ2v) is 8.45. The Kier molecular flexibility index (Phi) is 7.70. The first-order valence-electron chi connectivity index (χ1n) is 9.85. The van der Waals surface area contributed by atoms with Gasteiger partial charge in [-0.1, -0.05) is 23.7 Å². The largest absolute Gasteiger partial charge is 0.351 e. The molecule has 9 heteroatoms. The van der Waals surface area contributed by atoms with E-state index in [1.54, 1.807) is 21.9 Å². The average molecular weight is 449 g/mol. The van der Waals surface area contributed by atoms with Crippen LogP contribution in [-0.2, 0) is 4.79 Å². The van der Waals surface area contributed by atoms with Crippen LogP contribution in [-0.4, -0.2) is 60.4 Å². The monoisotopic (exact) mass is 448 g/mol. The van der Waals surface area contributed by atoms with Gasteiger partial charge in [0.15, 0.2) is 0 Å². The van der Waals surface area contributed by atoms with E-state index in [1.165, 1.54) is 11.3 Å². The van der Waals surface area contributed by atoms with E-state index in [9.17, 15) is 14.4 Å². The number of hydrogen-bond acceptors (Lipinski definition) is 4. The number of thiophene rings is 1. The summed E-state index contributed by atoms with van der Waals surface area (Å²) in [5, 5.41) is 8.14. The molecule has 0 bridgehead atoms. The Bertz CT molecular complexity index is 896. The van der Waals surface area contributed by atoms with Crippen LogP contribution >= 0.6 is 22.9 Å². The van der Waals surface area contributed by atoms with Crippen molar-refractivity contribution in [3.63, 3.8) is 0 Å². The van der Waals surface area contributed by atoms with Gasteiger partial charge < -0.3 is 20.4 Å². The van der Waals surface area contributed by atoms with Crippen LogP contribution in [0.3, 0.4) is 0 Å². The number of carbonyl (C=O) groups is 3. The lowest BCUT2D eigenvalue weighted by molar-refractivity contribution is -0.132. The number of carbonyl (C=O) groups excluding carboxylic acids is 3. The van der Waals surface area contributed by atoms with E-state index in [-0.39, 0.29) is 17.8 Å². The standard InChI is InChI=1S/C21H25ClN4O3S/c1-15-6-7-16(14-17(15)22)24-21(29)26-11-9-25(10-12-26)19(27)5-2-8-23-20(28)18-4-3-13-30-18/h3-4,6-7,13-14H,2,5,8-12H2,1H3,(H,23,28)(H,24,29). The molecule has 4 amide bonds. The molecular formula is C21H25ClN4O3S. The van der Waals surface area contributed by atoms with Gasteiger partial charge in [0, 0.05) is 49.9 Å². The van der Waals surface area contributed by atoms with Crippen molar-refractivity contribution in [1.82, 2.24) is 15.1 Å². The fourth-order valence-electron chi connectivity index (χ4n) is 3.13. The highest BCUT2D eigenvalue weighted by molar-refractivity contribution is 7.12. The van der Waals surface area contributed by atoms with Gasteiger partial charge in [0.25, 0.3) is 5.91 Å². The fraction of sp³-hybridized carbons (Fsp3) is 0.381. The van der Waals surface area contributed by atoms with Crippen molar-refractivity contribution in [2.45, 2.75) is 19.8 Å². The zero-order valence-corrected chi connectivity index (χ0v) is 18.4. The van der Waals surface area contributed by atoms with Crippen LogP contribution in [0.25, 0.3) is 0 Å². The molecule has 2 aromatic rings. The van der Waals surface area contributed by atoms with E-state index in [0.29, 0.717) is 61.2 Å². The van der Waals surface area contributed by atoms with Crippen molar-refractivity contribution in [2.24, 2.45) is 0 Å². The molecule has 160 valence electrons. The van der Waals surface area contributed by atoms with Gasteiger partial charge in [-0.3, -0.25) is 9.59 Å². The SMILES string of the molecule is Cc1ccc(NC(=O)N2CCN(C(=O)CCCNC(=O)c3cccs3)CC2)cc1Cl. The topological polar surface area (TPSA) is 81.8 Å². The van der Waals surface area contributed by atoms with E-state index in [2.05, 4.69) is 10.6 Å². The van der Waals surface area contributed by atoms with E-state index >= 15 is 0 Å². The second kappa shape index (κ2) is 10.4. The molecule has 3 rings (SSSR count). The molecule has 1 fully saturated rings. The van der Waals surface area contributed by atoms with E-state index in [1.807, 2.05) is 30.5 Å². The number of piperazine rings is 1. The molecule has 1 aromatic carbocycles. The highest BCUT2D eigenvalue weighted by Gasteiger charge is 2.24. The number of amides is 4. The second-order valence-electron chi connectivity index (χ2n) is 7.10. The molecule has 1 aromatic heterocycles. The lowest BCUT2D eigenvalue weighted by Gasteiger charge is -2.34. The van der Waals surface area contributed by atoms with Gasteiger partial charge in [-0.05, 0) is 42.5 Å². The van der Waals surface area contributed by atoms with Gasteiger partial charge in [-0.15, -0.1) is 11.3 Å². The molecule has 1 aliphatic rings. The summed E-state index contributed by atoms with van der Waals surface area (Å²) in [5.41, 5.74) is 1.60. The summed E-state index contributed by atoms with van der Waals surface area (Å²) >= 11 is 7.49. The van der Waals surface area contributed by atoms with Crippen LogP contribution in [0.2, 0.25) is 5.02 Å². The summed E-state index contributed by atoms with van der Waals surface area (Å²) in [6, 6.07) is 8.81. The zero-order valence-electron chi connectivity index (χ0n) is 16.8. The van der Waals surface area contributed by atoms with Crippen LogP contribution < -0.4 is 10.6 Å². The van der Waals surface area contributed by atoms with Gasteiger partial charge in [0.2, 0.25) is 5.91 Å². The number of anilines is 1. The smallest absolute Gasteiger partial charge is 0.321 e. The Labute approximate surface area is 185 Å². The number of benzene rings is 1. The summed E-state index contributed by atoms with van der Waals surface area (Å²) < 4.78 is 0. The Morgan fingerprint density at radius 2 is 1.83 bits per heavy atom. The lowest BCUT2D eigenvalue weighted by atomic mass is 10.2. The first-order valence-corrected chi connectivity index (χ1v) is 11.1. The van der Waals surface area contributed by atoms with Crippen molar-refractivity contribution < 1.29 is 14.4 Å². The van der Waals surface area contributed by atoms with Gasteiger partial charge in [0.1, 0.15) is 0 Å². The summed E-state index contributed by atoms with van der Waals surface area (Å²) in [6.07, 6.45) is 0.962. The number of halogens is 1. The van der Waals surface area contributed by atoms with E-state index < -0.39 is 0 Å². The normalized spacial score (nSPS) is 13.8. The van der Waals surface area contributed by atoms with Crippen molar-refractivity contribution in [1.29, 1.82) is 0 Å². The third kappa shape index (κ3) is 5.96. The van der Waals surface area contributed by atoms with E-state index in [0.717, 1.165) is 5.56 Å². The summed E-state index contributed by atoms with van der Waals surface area (Å²) in [5.74, 6) is -0.0577. The Morgan fingerprint density at radius 1 is 1.10 bits per heavy atom. The predicted molar refractivity (Wildman–Crippen MR) is 119 cm³/mol. The van der Waals surface area contributed by atoms with Crippen LogP contribution in [0.5, 0.6) is 0 Å². The number of urea groups is 1. The maximum Gasteiger partial charge on any atom is 0.321 e. The van der Waals surface area contributed by atoms with Crippen molar-refractivity contribution in [3.05, 3.63) is 51.2 Å². The van der Waals surface area contributed by atoms with Crippen molar-refractivity contribution >= 4 is 46.5 Å². The molecule has 2 heterocycles. The maximum absolute atomic E-state index is 12.4. The Morgan fingerprint density at radius 3 is 2.50 bits per heavy atom. The highest BCUT2D eigenvalue weighted by Crippen LogP contribution is 2.20. The molecule has 0 unspecified atom stereocenters. The Hall–Kier alpha value is -2.58. The van der Waals surface area contributed by atoms with Crippen LogP contribution in [0.1, 0.15) is 28.1 Å². The summed E-state index contributed by atoms with van der Waals surface area (Å²) in [7, 11) is 0. The number of hydrogen-bond donors (Lipinski definition) is 2. The molecule has 0 spiro atoms. The summed E-state index contributed by atoms with van der Waals surface area (Å²) in [6.45, 7) is 4.33. The van der Waals surface area contributed by atoms with Crippen LogP contribution in [0, 0.1) is 6.92 Å². The predicted octanol–water partition coefficient (Wildman–Crippen LogP) is 3.60. The van der Waals surface area contributed by atoms with Crippen LogP contribution in [0.15, 0.2) is 35.7 Å². The average Bonchev–Trinajstić information content (AvgIpc) is 3.29. The molecule has 0 atom stereocenters. The highest BCUT2D eigenvalue weighted by atomic mass is 35.5. The minimum absolute atomic E-state index is 0.0470. The molecule has 0 radical (unpaired) electrons. The third-order valence-corrected chi connectivity index (χ3v) is 6.22. The molecule has 30 heavy (non-hydrogen) atoms. The molecule has 0 aliphatic carbocycles. The summed E-state index contributed by atoms with van der Waals surface area (Å²) in [4.78, 5) is 40.8. The minimum Gasteiger partial charge on any atom is -0.351 e. The van der Waals surface area contributed by atoms with Gasteiger partial charge in [-0.25, -0.2) is 4.79 Å². The number of rotatable bonds is 6. The minimum atomic E-state index is -0.196. The number of nitrogens with zero attached hydrogens (tertiary/aromatic N) is 2. The number of aryl methyl sites for hydroxylation is 1. The third-order valence-electron chi connectivity index (χ3n) is 4.94. The van der Waals surface area contributed by atoms with Crippen molar-refractivity contribution in [3.8, 4) is 0 Å². The zero-order chi connectivity index (χ0) is 21.5. The maximum atomic E-state index is 12.4. The van der Waals surface area contributed by atoms with Gasteiger partial charge in [0.05, 0.1) is 4.88 Å². The molecule has 1 saturated heterocycles. The quantitative estimate of drug-likeness (QED) is 0.662. The van der Waals surface area contributed by atoms with Gasteiger partial charge >= 0.3 is 6.03 Å². The first kappa shape index (κ1) is 22.1. The van der Waals surface area contributed by atoms with Gasteiger partial charge in [-0.2, -0.15) is 0 Å². The Balaban J connectivity index is 1.36. The lowest BCUT2D eigenvalue weighted by Crippen LogP contribution is -2.51. The molecule has 0 saturated carbocycles. The molecule has 7 nitrogen and oxygen atoms in total. The van der Waals surface area contributed by atoms with Crippen molar-refractivity contribution in [2.75, 3.05) is 38.0 Å².